The lowest BCUT2D eigenvalue weighted by Gasteiger charge is -2.24. The number of aromatic carboxylic acids is 1. The molecular weight excluding hydrogens is 472 g/mol. The van der Waals surface area contributed by atoms with Crippen molar-refractivity contribution in [2.75, 3.05) is 13.4 Å². The first-order valence-electron chi connectivity index (χ1n) is 10.8. The number of rotatable bonds is 5. The first-order valence-corrected chi connectivity index (χ1v) is 11.6. The molecule has 0 saturated carbocycles. The number of allylic oxidation sites excluding steroid dienone is 1. The van der Waals surface area contributed by atoms with E-state index >= 15 is 0 Å². The van der Waals surface area contributed by atoms with Gasteiger partial charge in [-0.15, -0.1) is 0 Å². The normalized spacial score (nSPS) is 16.6. The van der Waals surface area contributed by atoms with Crippen LogP contribution in [-0.2, 0) is 9.53 Å². The van der Waals surface area contributed by atoms with E-state index in [1.807, 2.05) is 0 Å². The molecule has 3 heterocycles. The van der Waals surface area contributed by atoms with Crippen molar-refractivity contribution >= 4 is 29.4 Å². The summed E-state index contributed by atoms with van der Waals surface area (Å²) >= 11 is 1.19. The summed E-state index contributed by atoms with van der Waals surface area (Å²) in [6.45, 7) is 3.71. The Labute approximate surface area is 202 Å². The van der Waals surface area contributed by atoms with Gasteiger partial charge < -0.3 is 19.3 Å². The summed E-state index contributed by atoms with van der Waals surface area (Å²) < 4.78 is 18.1. The molecule has 178 valence electrons. The predicted molar refractivity (Wildman–Crippen MR) is 126 cm³/mol. The van der Waals surface area contributed by atoms with Crippen molar-refractivity contribution in [2.45, 2.75) is 19.9 Å². The van der Waals surface area contributed by atoms with Crippen LogP contribution < -0.4 is 24.4 Å². The third kappa shape index (κ3) is 4.01. The summed E-state index contributed by atoms with van der Waals surface area (Å²) in [5.41, 5.74) is 1.89. The minimum absolute atomic E-state index is 0.0990. The Kier molecular flexibility index (Phi) is 5.73. The van der Waals surface area contributed by atoms with Crippen LogP contribution in [0.15, 0.2) is 63.5 Å². The van der Waals surface area contributed by atoms with Crippen molar-refractivity contribution in [3.63, 3.8) is 0 Å². The molecule has 2 aromatic carbocycles. The van der Waals surface area contributed by atoms with Crippen molar-refractivity contribution in [1.82, 2.24) is 4.57 Å². The third-order valence-corrected chi connectivity index (χ3v) is 6.67. The first kappa shape index (κ1) is 22.6. The number of aromatic nitrogens is 1. The van der Waals surface area contributed by atoms with E-state index in [0.717, 1.165) is 0 Å². The third-order valence-electron chi connectivity index (χ3n) is 5.68. The van der Waals surface area contributed by atoms with Crippen LogP contribution in [0.4, 0.5) is 0 Å². The standard InChI is InChI=1S/C25H20N2O7S/c1-3-32-24(31)20-13(2)26-25-27(21(20)16-8-9-17-18(11-16)34-12-33-17)22(28)19(35-25)10-14-4-6-15(7-5-14)23(29)30/h4-11,21H,3,12H2,1-2H3,(H,29,30)/b19-10-/t21-/m1/s1. The highest BCUT2D eigenvalue weighted by Gasteiger charge is 2.34. The largest absolute Gasteiger partial charge is 0.478 e. The van der Waals surface area contributed by atoms with Crippen LogP contribution in [0.2, 0.25) is 0 Å². The van der Waals surface area contributed by atoms with Crippen LogP contribution in [0.1, 0.15) is 41.4 Å². The molecule has 1 aromatic heterocycles. The van der Waals surface area contributed by atoms with E-state index in [1.54, 1.807) is 50.3 Å². The highest BCUT2D eigenvalue weighted by atomic mass is 32.1. The van der Waals surface area contributed by atoms with E-state index in [4.69, 9.17) is 19.3 Å². The zero-order chi connectivity index (χ0) is 24.7. The van der Waals surface area contributed by atoms with E-state index in [2.05, 4.69) is 4.99 Å². The Morgan fingerprint density at radius 1 is 1.20 bits per heavy atom. The maximum atomic E-state index is 13.6. The van der Waals surface area contributed by atoms with Crippen molar-refractivity contribution in [2.24, 2.45) is 4.99 Å². The van der Waals surface area contributed by atoms with Gasteiger partial charge in [0.05, 0.1) is 34.0 Å². The van der Waals surface area contributed by atoms with Gasteiger partial charge in [0.25, 0.3) is 5.56 Å². The summed E-state index contributed by atoms with van der Waals surface area (Å²) in [5.74, 6) is -0.457. The van der Waals surface area contributed by atoms with Crippen LogP contribution in [0, 0.1) is 0 Å². The number of esters is 1. The van der Waals surface area contributed by atoms with Crippen LogP contribution in [0.25, 0.3) is 6.08 Å². The molecule has 0 fully saturated rings. The van der Waals surface area contributed by atoms with Crippen LogP contribution >= 0.6 is 11.3 Å². The molecule has 0 radical (unpaired) electrons. The number of ether oxygens (including phenoxy) is 3. The minimum atomic E-state index is -1.03. The number of carboxylic acid groups (broad SMARTS) is 1. The number of carbonyl (C=O) groups is 2. The fourth-order valence-electron chi connectivity index (χ4n) is 4.06. The summed E-state index contributed by atoms with van der Waals surface area (Å²) in [7, 11) is 0. The number of nitrogens with zero attached hydrogens (tertiary/aromatic N) is 2. The molecule has 2 aliphatic rings. The summed E-state index contributed by atoms with van der Waals surface area (Å²) in [4.78, 5) is 42.7. The van der Waals surface area contributed by atoms with Gasteiger partial charge in [-0.25, -0.2) is 14.6 Å². The van der Waals surface area contributed by atoms with Crippen molar-refractivity contribution in [3.05, 3.63) is 90.1 Å². The van der Waals surface area contributed by atoms with E-state index in [1.165, 1.54) is 28.0 Å². The van der Waals surface area contributed by atoms with Crippen molar-refractivity contribution < 1.29 is 28.9 Å². The van der Waals surface area contributed by atoms with Gasteiger partial charge in [-0.2, -0.15) is 0 Å². The molecule has 35 heavy (non-hydrogen) atoms. The first-order chi connectivity index (χ1) is 16.9. The molecule has 0 spiro atoms. The molecule has 3 aromatic rings. The molecule has 9 nitrogen and oxygen atoms in total. The number of carboxylic acids is 1. The Balaban J connectivity index is 1.68. The number of hydrogen-bond acceptors (Lipinski definition) is 8. The maximum Gasteiger partial charge on any atom is 0.338 e. The van der Waals surface area contributed by atoms with E-state index in [9.17, 15) is 14.4 Å². The van der Waals surface area contributed by atoms with Gasteiger partial charge in [-0.1, -0.05) is 29.5 Å². The van der Waals surface area contributed by atoms with Crippen LogP contribution in [-0.4, -0.2) is 35.0 Å². The van der Waals surface area contributed by atoms with E-state index in [0.29, 0.717) is 37.7 Å². The average Bonchev–Trinajstić information content (AvgIpc) is 3.42. The SMILES string of the molecule is CCOC(=O)C1=C(C)N=c2s/c(=C\c3ccc(C(=O)O)cc3)c(=O)n2[C@@H]1c1ccc2c(c1)OCO2. The van der Waals surface area contributed by atoms with Crippen molar-refractivity contribution in [3.8, 4) is 11.5 Å². The molecule has 10 heteroatoms. The molecule has 0 saturated heterocycles. The Bertz CT molecular complexity index is 1560. The van der Waals surface area contributed by atoms with Gasteiger partial charge in [0.15, 0.2) is 16.3 Å². The van der Waals surface area contributed by atoms with Gasteiger partial charge >= 0.3 is 11.9 Å². The predicted octanol–water partition coefficient (Wildman–Crippen LogP) is 2.23. The molecule has 0 amide bonds. The molecule has 5 rings (SSSR count). The van der Waals surface area contributed by atoms with Gasteiger partial charge in [0, 0.05) is 0 Å². The van der Waals surface area contributed by atoms with Gasteiger partial charge in [0.1, 0.15) is 0 Å². The second kappa shape index (κ2) is 8.88. The quantitative estimate of drug-likeness (QED) is 0.543. The minimum Gasteiger partial charge on any atom is -0.478 e. The van der Waals surface area contributed by atoms with E-state index < -0.39 is 18.0 Å². The van der Waals surface area contributed by atoms with Gasteiger partial charge in [0.2, 0.25) is 6.79 Å². The molecule has 0 aliphatic carbocycles. The monoisotopic (exact) mass is 492 g/mol. The summed E-state index contributed by atoms with van der Waals surface area (Å²) in [5, 5.41) is 9.12. The Morgan fingerprint density at radius 3 is 2.66 bits per heavy atom. The second-order valence-corrected chi connectivity index (χ2v) is 8.85. The fraction of sp³-hybridized carbons (Fsp3) is 0.200. The lowest BCUT2D eigenvalue weighted by atomic mass is 9.95. The maximum absolute atomic E-state index is 13.6. The lowest BCUT2D eigenvalue weighted by molar-refractivity contribution is -0.139. The molecule has 1 atom stereocenters. The van der Waals surface area contributed by atoms with Crippen molar-refractivity contribution in [1.29, 1.82) is 0 Å². The summed E-state index contributed by atoms with van der Waals surface area (Å²) in [6, 6.07) is 10.7. The molecule has 1 N–H and O–H groups in total. The number of carbonyl (C=O) groups excluding carboxylic acids is 1. The number of thiazole rings is 1. The number of benzene rings is 2. The van der Waals surface area contributed by atoms with E-state index in [-0.39, 0.29) is 30.1 Å². The highest BCUT2D eigenvalue weighted by Crippen LogP contribution is 2.38. The summed E-state index contributed by atoms with van der Waals surface area (Å²) in [6.07, 6.45) is 1.68. The van der Waals surface area contributed by atoms with Gasteiger partial charge in [-0.05, 0) is 55.3 Å². The zero-order valence-corrected chi connectivity index (χ0v) is 19.6. The van der Waals surface area contributed by atoms with Gasteiger partial charge in [-0.3, -0.25) is 9.36 Å². The lowest BCUT2D eigenvalue weighted by Crippen LogP contribution is -2.39. The Morgan fingerprint density at radius 2 is 1.94 bits per heavy atom. The smallest absolute Gasteiger partial charge is 0.338 e. The number of hydrogen-bond donors (Lipinski definition) is 1. The number of fused-ring (bicyclic) bond motifs is 2. The molecular formula is C25H20N2O7S. The average molecular weight is 493 g/mol. The molecule has 2 aliphatic heterocycles. The zero-order valence-electron chi connectivity index (χ0n) is 18.8. The van der Waals surface area contributed by atoms with Crippen LogP contribution in [0.5, 0.6) is 11.5 Å². The second-order valence-electron chi connectivity index (χ2n) is 7.84. The highest BCUT2D eigenvalue weighted by molar-refractivity contribution is 7.07. The molecule has 0 unspecified atom stereocenters. The molecule has 0 bridgehead atoms. The topological polar surface area (TPSA) is 116 Å². The Hall–Kier alpha value is -4.18. The van der Waals surface area contributed by atoms with Crippen LogP contribution in [0.3, 0.4) is 0 Å². The fourth-order valence-corrected chi connectivity index (χ4v) is 5.11.